The number of thiophene rings is 1. The molecule has 1 aliphatic carbocycles. The summed E-state index contributed by atoms with van der Waals surface area (Å²) in [6, 6.07) is 18.1. The quantitative estimate of drug-likeness (QED) is 0.429. The minimum Gasteiger partial charge on any atom is -0.489 e. The van der Waals surface area contributed by atoms with Crippen molar-refractivity contribution in [2.75, 3.05) is 5.32 Å². The van der Waals surface area contributed by atoms with Gasteiger partial charge in [0, 0.05) is 4.88 Å². The topological polar surface area (TPSA) is 50.4 Å². The molecular weight excluding hydrogens is 428 g/mol. The zero-order valence-electron chi connectivity index (χ0n) is 19.6. The largest absolute Gasteiger partial charge is 0.489 e. The highest BCUT2D eigenvalue weighted by Gasteiger charge is 2.37. The zero-order valence-corrected chi connectivity index (χ0v) is 20.4. The van der Waals surface area contributed by atoms with Gasteiger partial charge in [0.2, 0.25) is 0 Å². The van der Waals surface area contributed by atoms with Crippen LogP contribution in [0.4, 0.5) is 5.00 Å². The standard InChI is InChI=1S/C28H32N2O2S/c1-4-28(2,3)20-13-14-22-23(16-20)33-27-24(22)26(31)29-25(30-27)19-11-8-12-21(15-19)32-17-18-9-6-5-7-10-18/h5-12,15,20,25,30H,4,13-14,16-17H2,1-3H3,(H,29,31). The van der Waals surface area contributed by atoms with Gasteiger partial charge in [-0.25, -0.2) is 0 Å². The predicted molar refractivity (Wildman–Crippen MR) is 135 cm³/mol. The van der Waals surface area contributed by atoms with Gasteiger partial charge in [-0.1, -0.05) is 69.7 Å². The molecule has 5 heteroatoms. The molecule has 172 valence electrons. The van der Waals surface area contributed by atoms with Gasteiger partial charge >= 0.3 is 0 Å². The van der Waals surface area contributed by atoms with E-state index >= 15 is 0 Å². The molecule has 2 aliphatic rings. The molecule has 5 rings (SSSR count). The Morgan fingerprint density at radius 2 is 1.91 bits per heavy atom. The van der Waals surface area contributed by atoms with Crippen molar-refractivity contribution >= 4 is 22.2 Å². The second-order valence-electron chi connectivity index (χ2n) is 9.89. The van der Waals surface area contributed by atoms with Gasteiger partial charge in [0.05, 0.1) is 5.56 Å². The first-order valence-corrected chi connectivity index (χ1v) is 12.7. The van der Waals surface area contributed by atoms with E-state index in [0.717, 1.165) is 46.7 Å². The number of amides is 1. The van der Waals surface area contributed by atoms with E-state index in [1.165, 1.54) is 16.9 Å². The number of carbonyl (C=O) groups excluding carboxylic acids is 1. The zero-order chi connectivity index (χ0) is 23.0. The third-order valence-electron chi connectivity index (χ3n) is 7.50. The molecule has 1 aliphatic heterocycles. The van der Waals surface area contributed by atoms with E-state index in [2.05, 4.69) is 43.5 Å². The molecule has 4 nitrogen and oxygen atoms in total. The van der Waals surface area contributed by atoms with Crippen molar-refractivity contribution in [2.24, 2.45) is 11.3 Å². The number of fused-ring (bicyclic) bond motifs is 3. The Morgan fingerprint density at radius 3 is 2.70 bits per heavy atom. The molecule has 0 bridgehead atoms. The fourth-order valence-corrected chi connectivity index (χ4v) is 6.30. The van der Waals surface area contributed by atoms with Gasteiger partial charge in [-0.2, -0.15) is 0 Å². The highest BCUT2D eigenvalue weighted by molar-refractivity contribution is 7.16. The molecule has 2 atom stereocenters. The maximum absolute atomic E-state index is 13.2. The van der Waals surface area contributed by atoms with Gasteiger partial charge < -0.3 is 15.4 Å². The SMILES string of the molecule is CCC(C)(C)C1CCc2c(sc3c2C(=O)NC(c2cccc(OCc4ccccc4)c2)N3)C1. The van der Waals surface area contributed by atoms with Crippen LogP contribution in [0.5, 0.6) is 5.75 Å². The van der Waals surface area contributed by atoms with E-state index in [0.29, 0.717) is 17.9 Å². The van der Waals surface area contributed by atoms with Crippen LogP contribution in [0.2, 0.25) is 0 Å². The fourth-order valence-electron chi connectivity index (χ4n) is 4.95. The smallest absolute Gasteiger partial charge is 0.256 e. The Balaban J connectivity index is 1.33. The molecule has 3 aromatic rings. The molecule has 0 fully saturated rings. The number of anilines is 1. The number of hydrogen-bond acceptors (Lipinski definition) is 4. The van der Waals surface area contributed by atoms with Crippen molar-refractivity contribution in [3.05, 3.63) is 81.7 Å². The van der Waals surface area contributed by atoms with Gasteiger partial charge in [-0.3, -0.25) is 4.79 Å². The Bertz CT molecular complexity index is 1150. The number of carbonyl (C=O) groups is 1. The lowest BCUT2D eigenvalue weighted by atomic mass is 9.69. The molecule has 2 heterocycles. The highest BCUT2D eigenvalue weighted by Crippen LogP contribution is 2.47. The summed E-state index contributed by atoms with van der Waals surface area (Å²) >= 11 is 1.78. The molecular formula is C28H32N2O2S. The molecule has 33 heavy (non-hydrogen) atoms. The van der Waals surface area contributed by atoms with Crippen molar-refractivity contribution in [1.29, 1.82) is 0 Å². The molecule has 1 aromatic heterocycles. The van der Waals surface area contributed by atoms with Crippen LogP contribution < -0.4 is 15.4 Å². The molecule has 1 amide bonds. The lowest BCUT2D eigenvalue weighted by molar-refractivity contribution is 0.0934. The lowest BCUT2D eigenvalue weighted by Crippen LogP contribution is -2.38. The van der Waals surface area contributed by atoms with Crippen LogP contribution in [0.25, 0.3) is 0 Å². The number of rotatable bonds is 6. The highest BCUT2D eigenvalue weighted by atomic mass is 32.1. The normalized spacial score (nSPS) is 19.8. The summed E-state index contributed by atoms with van der Waals surface area (Å²) in [4.78, 5) is 14.5. The van der Waals surface area contributed by atoms with Gasteiger partial charge in [-0.15, -0.1) is 11.3 Å². The molecule has 2 unspecified atom stereocenters. The summed E-state index contributed by atoms with van der Waals surface area (Å²) in [5.74, 6) is 1.51. The van der Waals surface area contributed by atoms with E-state index in [9.17, 15) is 4.79 Å². The average molecular weight is 461 g/mol. The van der Waals surface area contributed by atoms with E-state index in [4.69, 9.17) is 4.74 Å². The summed E-state index contributed by atoms with van der Waals surface area (Å²) in [5, 5.41) is 7.79. The van der Waals surface area contributed by atoms with E-state index in [1.807, 2.05) is 42.5 Å². The summed E-state index contributed by atoms with van der Waals surface area (Å²) in [6.07, 6.45) is 4.16. The van der Waals surface area contributed by atoms with Crippen molar-refractivity contribution in [1.82, 2.24) is 5.32 Å². The van der Waals surface area contributed by atoms with E-state index in [1.54, 1.807) is 11.3 Å². The van der Waals surface area contributed by atoms with Crippen LogP contribution in [0.15, 0.2) is 54.6 Å². The maximum atomic E-state index is 13.2. The van der Waals surface area contributed by atoms with Crippen LogP contribution in [-0.2, 0) is 19.4 Å². The molecule has 0 saturated heterocycles. The minimum absolute atomic E-state index is 0.0371. The summed E-state index contributed by atoms with van der Waals surface area (Å²) in [6.45, 7) is 7.56. The number of nitrogens with one attached hydrogen (secondary N) is 2. The Hall–Kier alpha value is -2.79. The van der Waals surface area contributed by atoms with Gasteiger partial charge in [0.1, 0.15) is 23.5 Å². The van der Waals surface area contributed by atoms with Crippen LogP contribution in [-0.4, -0.2) is 5.91 Å². The van der Waals surface area contributed by atoms with Crippen LogP contribution in [0.3, 0.4) is 0 Å². The third-order valence-corrected chi connectivity index (χ3v) is 8.68. The monoisotopic (exact) mass is 460 g/mol. The Kier molecular flexibility index (Phi) is 5.92. The second-order valence-corrected chi connectivity index (χ2v) is 11.0. The van der Waals surface area contributed by atoms with Gasteiger partial charge in [0.25, 0.3) is 5.91 Å². The van der Waals surface area contributed by atoms with Gasteiger partial charge in [0.15, 0.2) is 0 Å². The maximum Gasteiger partial charge on any atom is 0.256 e. The summed E-state index contributed by atoms with van der Waals surface area (Å²) < 4.78 is 6.00. The molecule has 0 radical (unpaired) electrons. The fraction of sp³-hybridized carbons (Fsp3) is 0.393. The predicted octanol–water partition coefficient (Wildman–Crippen LogP) is 6.72. The van der Waals surface area contributed by atoms with Crippen LogP contribution in [0.1, 0.15) is 71.7 Å². The van der Waals surface area contributed by atoms with Crippen LogP contribution in [0, 0.1) is 11.3 Å². The first-order valence-electron chi connectivity index (χ1n) is 11.9. The lowest BCUT2D eigenvalue weighted by Gasteiger charge is -2.36. The number of ether oxygens (including phenoxy) is 1. The molecule has 0 spiro atoms. The van der Waals surface area contributed by atoms with Crippen molar-refractivity contribution in [2.45, 2.75) is 59.2 Å². The molecule has 2 N–H and O–H groups in total. The summed E-state index contributed by atoms with van der Waals surface area (Å²) in [5.41, 5.74) is 4.60. The third kappa shape index (κ3) is 4.39. The van der Waals surface area contributed by atoms with Crippen molar-refractivity contribution in [3.8, 4) is 5.75 Å². The van der Waals surface area contributed by atoms with E-state index < -0.39 is 0 Å². The van der Waals surface area contributed by atoms with Crippen LogP contribution >= 0.6 is 11.3 Å². The van der Waals surface area contributed by atoms with Crippen molar-refractivity contribution < 1.29 is 9.53 Å². The average Bonchev–Trinajstić information content (AvgIpc) is 3.22. The first kappa shape index (κ1) is 22.0. The minimum atomic E-state index is -0.256. The molecule has 0 saturated carbocycles. The van der Waals surface area contributed by atoms with Gasteiger partial charge in [-0.05, 0) is 59.4 Å². The first-order chi connectivity index (χ1) is 15.9. The number of hydrogen-bond donors (Lipinski definition) is 2. The Morgan fingerprint density at radius 1 is 1.09 bits per heavy atom. The molecule has 2 aromatic carbocycles. The van der Waals surface area contributed by atoms with Crippen molar-refractivity contribution in [3.63, 3.8) is 0 Å². The second kappa shape index (κ2) is 8.86. The van der Waals surface area contributed by atoms with E-state index in [-0.39, 0.29) is 12.1 Å². The number of benzene rings is 2. The Labute approximate surface area is 200 Å². The summed E-state index contributed by atoms with van der Waals surface area (Å²) in [7, 11) is 0.